The molecule has 1 heterocycles. The molecule has 1 aromatic heterocycles. The summed E-state index contributed by atoms with van der Waals surface area (Å²) >= 11 is 0. The van der Waals surface area contributed by atoms with E-state index in [2.05, 4.69) is 264 Å². The highest BCUT2D eigenvalue weighted by Gasteiger charge is 2.51. The van der Waals surface area contributed by atoms with Gasteiger partial charge in [0.05, 0.1) is 16.4 Å². The molecule has 12 aromatic rings. The lowest BCUT2D eigenvalue weighted by molar-refractivity contribution is 0.793. The summed E-state index contributed by atoms with van der Waals surface area (Å²) in [6.45, 7) is 0. The van der Waals surface area contributed by atoms with Crippen molar-refractivity contribution >= 4 is 49.6 Å². The molecule has 14 rings (SSSR count). The lowest BCUT2D eigenvalue weighted by atomic mass is 9.70. The van der Waals surface area contributed by atoms with Gasteiger partial charge in [0.15, 0.2) is 0 Å². The zero-order valence-corrected chi connectivity index (χ0v) is 36.6. The van der Waals surface area contributed by atoms with Crippen molar-refractivity contribution in [3.63, 3.8) is 0 Å². The summed E-state index contributed by atoms with van der Waals surface area (Å²) in [5.74, 6) is 0. The Hall–Kier alpha value is -8.72. The number of aromatic nitrogens is 1. The second-order valence-corrected chi connectivity index (χ2v) is 18.0. The molecule has 11 aromatic carbocycles. The first-order valence-electron chi connectivity index (χ1n) is 23.3. The first-order chi connectivity index (χ1) is 33.2. The Bertz CT molecular complexity index is 3870. The fraction of sp³-hybridized carbons (Fsp3) is 0.0154. The molecule has 1 spiro atoms. The number of fused-ring (bicyclic) bond motifs is 14. The molecule has 0 fully saturated rings. The molecule has 2 aliphatic rings. The van der Waals surface area contributed by atoms with Gasteiger partial charge in [-0.1, -0.05) is 194 Å². The molecular formula is C65H42N2. The summed E-state index contributed by atoms with van der Waals surface area (Å²) < 4.78 is 2.46. The third-order valence-electron chi connectivity index (χ3n) is 14.5. The van der Waals surface area contributed by atoms with E-state index >= 15 is 0 Å². The zero-order valence-electron chi connectivity index (χ0n) is 36.6. The summed E-state index contributed by atoms with van der Waals surface area (Å²) in [7, 11) is 0. The number of hydrogen-bond donors (Lipinski definition) is 0. The number of anilines is 3. The van der Waals surface area contributed by atoms with Crippen LogP contribution in [0.15, 0.2) is 255 Å². The van der Waals surface area contributed by atoms with Crippen LogP contribution in [0.2, 0.25) is 0 Å². The topological polar surface area (TPSA) is 8.17 Å². The van der Waals surface area contributed by atoms with E-state index in [9.17, 15) is 0 Å². The van der Waals surface area contributed by atoms with Gasteiger partial charge in [0, 0.05) is 33.5 Å². The van der Waals surface area contributed by atoms with Crippen LogP contribution in [0.4, 0.5) is 17.1 Å². The van der Waals surface area contributed by atoms with Crippen molar-refractivity contribution in [2.24, 2.45) is 0 Å². The van der Waals surface area contributed by atoms with Gasteiger partial charge in [0.2, 0.25) is 0 Å². The van der Waals surface area contributed by atoms with E-state index in [1.807, 2.05) is 0 Å². The summed E-state index contributed by atoms with van der Waals surface area (Å²) in [4.78, 5) is 2.51. The SMILES string of the molecule is c1ccc(-c2cccc(-c3cc(N(c4ccc5c(c4)C4(c6ccccc6-c6ccccc64)c4ccccc4-5)c4ccc5ccccc5c4)cc4c3c3ccccc3n4-c3ccccc3)c2)cc1. The van der Waals surface area contributed by atoms with Crippen molar-refractivity contribution in [3.05, 3.63) is 277 Å². The molecule has 67 heavy (non-hydrogen) atoms. The van der Waals surface area contributed by atoms with Gasteiger partial charge < -0.3 is 9.47 Å². The van der Waals surface area contributed by atoms with Gasteiger partial charge in [-0.05, 0) is 138 Å². The fourth-order valence-electron chi connectivity index (χ4n) is 11.8. The van der Waals surface area contributed by atoms with Gasteiger partial charge in [0.1, 0.15) is 0 Å². The Morgan fingerprint density at radius 3 is 1.58 bits per heavy atom. The van der Waals surface area contributed by atoms with Crippen molar-refractivity contribution in [3.8, 4) is 50.2 Å². The fourth-order valence-corrected chi connectivity index (χ4v) is 11.8. The van der Waals surface area contributed by atoms with Crippen LogP contribution in [0.25, 0.3) is 82.8 Å². The smallest absolute Gasteiger partial charge is 0.0726 e. The molecule has 312 valence electrons. The number of hydrogen-bond acceptors (Lipinski definition) is 1. The summed E-state index contributed by atoms with van der Waals surface area (Å²) in [6, 6.07) is 94.6. The van der Waals surface area contributed by atoms with Crippen LogP contribution < -0.4 is 4.90 Å². The van der Waals surface area contributed by atoms with E-state index in [1.54, 1.807) is 0 Å². The largest absolute Gasteiger partial charge is 0.310 e. The third-order valence-corrected chi connectivity index (χ3v) is 14.5. The third kappa shape index (κ3) is 5.51. The maximum Gasteiger partial charge on any atom is 0.0726 e. The Kier molecular flexibility index (Phi) is 8.23. The van der Waals surface area contributed by atoms with Gasteiger partial charge >= 0.3 is 0 Å². The quantitative estimate of drug-likeness (QED) is 0.162. The molecule has 0 radical (unpaired) electrons. The molecule has 0 bridgehead atoms. The predicted octanol–water partition coefficient (Wildman–Crippen LogP) is 17.1. The molecule has 0 N–H and O–H groups in total. The van der Waals surface area contributed by atoms with Gasteiger partial charge in [-0.2, -0.15) is 0 Å². The van der Waals surface area contributed by atoms with Crippen molar-refractivity contribution in [1.82, 2.24) is 4.57 Å². The highest BCUT2D eigenvalue weighted by Crippen LogP contribution is 2.63. The van der Waals surface area contributed by atoms with Crippen molar-refractivity contribution in [2.45, 2.75) is 5.41 Å². The Morgan fingerprint density at radius 2 is 0.851 bits per heavy atom. The highest BCUT2D eigenvalue weighted by molar-refractivity contribution is 6.17. The van der Waals surface area contributed by atoms with Crippen LogP contribution >= 0.6 is 0 Å². The van der Waals surface area contributed by atoms with Crippen LogP contribution in [0, 0.1) is 0 Å². The summed E-state index contributed by atoms with van der Waals surface area (Å²) in [5.41, 5.74) is 21.5. The predicted molar refractivity (Wildman–Crippen MR) is 280 cm³/mol. The van der Waals surface area contributed by atoms with Gasteiger partial charge in [-0.3, -0.25) is 0 Å². The number of benzene rings is 11. The second-order valence-electron chi connectivity index (χ2n) is 18.0. The van der Waals surface area contributed by atoms with Crippen LogP contribution in [-0.2, 0) is 5.41 Å². The Balaban J connectivity index is 1.09. The van der Waals surface area contributed by atoms with Crippen LogP contribution in [0.3, 0.4) is 0 Å². The highest BCUT2D eigenvalue weighted by atomic mass is 15.1. The van der Waals surface area contributed by atoms with E-state index in [0.29, 0.717) is 0 Å². The second kappa shape index (κ2) is 14.7. The summed E-state index contributed by atoms with van der Waals surface area (Å²) in [5, 5.41) is 4.87. The molecule has 0 saturated heterocycles. The number of para-hydroxylation sites is 2. The van der Waals surface area contributed by atoms with Gasteiger partial charge in [-0.15, -0.1) is 0 Å². The molecule has 2 heteroatoms. The van der Waals surface area contributed by atoms with E-state index in [0.717, 1.165) is 28.3 Å². The molecule has 2 aliphatic carbocycles. The van der Waals surface area contributed by atoms with E-state index in [-0.39, 0.29) is 0 Å². The van der Waals surface area contributed by atoms with Gasteiger partial charge in [0.25, 0.3) is 0 Å². The monoisotopic (exact) mass is 850 g/mol. The molecular weight excluding hydrogens is 809 g/mol. The zero-order chi connectivity index (χ0) is 44.1. The molecule has 2 nitrogen and oxygen atoms in total. The summed E-state index contributed by atoms with van der Waals surface area (Å²) in [6.07, 6.45) is 0. The van der Waals surface area contributed by atoms with E-state index in [4.69, 9.17) is 0 Å². The Morgan fingerprint density at radius 1 is 0.299 bits per heavy atom. The molecule has 0 amide bonds. The minimum absolute atomic E-state index is 0.475. The molecule has 0 aliphatic heterocycles. The standard InChI is InChI=1S/C65H42N2/c1-3-18-43(19-4-1)45-22-17-23-47(38-45)57-40-51(42-63-64(57)56-29-12-16-33-62(56)67(63)48-24-5-2-6-25-48)66(49-35-34-44-20-7-8-21-46(44)39-49)50-36-37-55-54-28-11-15-32-60(54)65(61(55)41-50)58-30-13-9-26-52(58)53-27-10-14-31-59(53)65/h1-42H. The van der Waals surface area contributed by atoms with Crippen LogP contribution in [0.5, 0.6) is 0 Å². The van der Waals surface area contributed by atoms with Crippen LogP contribution in [-0.4, -0.2) is 4.57 Å². The average Bonchev–Trinajstić information content (AvgIpc) is 4.01. The molecule has 0 unspecified atom stereocenters. The first-order valence-corrected chi connectivity index (χ1v) is 23.3. The van der Waals surface area contributed by atoms with E-state index < -0.39 is 5.41 Å². The van der Waals surface area contributed by atoms with Gasteiger partial charge in [-0.25, -0.2) is 0 Å². The lowest BCUT2D eigenvalue weighted by Gasteiger charge is -2.32. The number of nitrogens with zero attached hydrogens (tertiary/aromatic N) is 2. The molecule has 0 saturated carbocycles. The molecule has 0 atom stereocenters. The lowest BCUT2D eigenvalue weighted by Crippen LogP contribution is -2.26. The maximum atomic E-state index is 2.51. The minimum Gasteiger partial charge on any atom is -0.310 e. The van der Waals surface area contributed by atoms with Crippen molar-refractivity contribution < 1.29 is 0 Å². The average molecular weight is 851 g/mol. The normalized spacial score (nSPS) is 12.9. The Labute approximate surface area is 389 Å². The first kappa shape index (κ1) is 37.6. The minimum atomic E-state index is -0.475. The van der Waals surface area contributed by atoms with E-state index in [1.165, 1.54) is 93.8 Å². The maximum absolute atomic E-state index is 2.51. The van der Waals surface area contributed by atoms with Crippen LogP contribution in [0.1, 0.15) is 22.3 Å². The number of rotatable bonds is 6. The van der Waals surface area contributed by atoms with Crippen molar-refractivity contribution in [2.75, 3.05) is 4.90 Å². The van der Waals surface area contributed by atoms with Crippen molar-refractivity contribution in [1.29, 1.82) is 0 Å².